The summed E-state index contributed by atoms with van der Waals surface area (Å²) in [5.41, 5.74) is 1.80. The third-order valence-electron chi connectivity index (χ3n) is 4.39. The minimum absolute atomic E-state index is 0.208. The van der Waals surface area contributed by atoms with Gasteiger partial charge in [-0.1, -0.05) is 30.0 Å². The number of hydrogen-bond acceptors (Lipinski definition) is 5. The Kier molecular flexibility index (Phi) is 5.47. The number of fused-ring (bicyclic) bond motifs is 1. The number of benzene rings is 2. The Balaban J connectivity index is 1.47. The summed E-state index contributed by atoms with van der Waals surface area (Å²) in [6, 6.07) is 12.5. The summed E-state index contributed by atoms with van der Waals surface area (Å²) in [5, 5.41) is 13.8. The number of pyridine rings is 1. The number of aromatic nitrogens is 1. The Hall–Kier alpha value is -2.61. The zero-order valence-corrected chi connectivity index (χ0v) is 15.5. The lowest BCUT2D eigenvalue weighted by Gasteiger charge is -2.20. The van der Waals surface area contributed by atoms with E-state index in [1.165, 1.54) is 23.9 Å². The molecule has 0 saturated carbocycles. The molecule has 1 aromatic heterocycles. The highest BCUT2D eigenvalue weighted by Gasteiger charge is 2.22. The highest BCUT2D eigenvalue weighted by atomic mass is 32.2. The number of nitrogens with zero attached hydrogens (tertiary/aromatic N) is 2. The molecule has 2 atom stereocenters. The molecule has 0 aliphatic carbocycles. The average Bonchev–Trinajstić information content (AvgIpc) is 3.13. The largest absolute Gasteiger partial charge is 0.394 e. The number of nitrogens with one attached hydrogen (secondary N) is 1. The van der Waals surface area contributed by atoms with Crippen LogP contribution in [0.1, 0.15) is 17.2 Å². The predicted molar refractivity (Wildman–Crippen MR) is 109 cm³/mol. The fraction of sp³-hybridized carbons (Fsp3) is 0.143. The maximum absolute atomic E-state index is 14.0. The molecule has 0 bridgehead atoms. The van der Waals surface area contributed by atoms with Crippen LogP contribution in [0.4, 0.5) is 8.78 Å². The number of aliphatic hydroxyl groups excluding tert-OH is 1. The highest BCUT2D eigenvalue weighted by molar-refractivity contribution is 8.04. The lowest BCUT2D eigenvalue weighted by Crippen LogP contribution is -2.31. The molecule has 4 rings (SSSR count). The topological polar surface area (TPSA) is 57.5 Å². The van der Waals surface area contributed by atoms with Crippen molar-refractivity contribution in [1.29, 1.82) is 0 Å². The zero-order valence-electron chi connectivity index (χ0n) is 14.7. The minimum atomic E-state index is -0.695. The molecule has 1 aliphatic rings. The molecule has 0 radical (unpaired) electrons. The fourth-order valence-corrected chi connectivity index (χ4v) is 3.96. The van der Waals surface area contributed by atoms with E-state index < -0.39 is 17.7 Å². The van der Waals surface area contributed by atoms with Crippen molar-refractivity contribution in [2.45, 2.75) is 11.5 Å². The van der Waals surface area contributed by atoms with E-state index in [0.29, 0.717) is 0 Å². The summed E-state index contributed by atoms with van der Waals surface area (Å²) in [7, 11) is 0. The van der Waals surface area contributed by atoms with Gasteiger partial charge in [0.1, 0.15) is 11.6 Å². The predicted octanol–water partition coefficient (Wildman–Crippen LogP) is 4.28. The van der Waals surface area contributed by atoms with Crippen molar-refractivity contribution in [3.05, 3.63) is 82.4 Å². The van der Waals surface area contributed by atoms with Crippen LogP contribution in [0.15, 0.2) is 64.6 Å². The van der Waals surface area contributed by atoms with Crippen molar-refractivity contribution < 1.29 is 13.9 Å². The molecule has 2 aromatic carbocycles. The van der Waals surface area contributed by atoms with Crippen LogP contribution in [0.25, 0.3) is 17.0 Å². The number of halogens is 2. The van der Waals surface area contributed by atoms with Gasteiger partial charge in [0.25, 0.3) is 0 Å². The first-order valence-corrected chi connectivity index (χ1v) is 9.58. The number of thioether (sulfide) groups is 1. The van der Waals surface area contributed by atoms with E-state index in [9.17, 15) is 13.9 Å². The zero-order chi connectivity index (χ0) is 19.5. The van der Waals surface area contributed by atoms with Crippen LogP contribution in [-0.4, -0.2) is 28.4 Å². The number of aliphatic imine (C=N–C) groups is 1. The Bertz CT molecular complexity index is 1070. The van der Waals surface area contributed by atoms with Crippen molar-refractivity contribution in [1.82, 2.24) is 10.3 Å². The lowest BCUT2D eigenvalue weighted by atomic mass is 10.1. The molecule has 0 spiro atoms. The molecular formula is C21H17F2N3OS. The standard InChI is InChI=1S/C21H17F2N3OS/c22-15-4-5-17(18(23)10-15)20(12-27)26-21-25-11-16(28-21)9-13-3-6-19-14(8-13)2-1-7-24-19/h1-11,20-21,26-27H,12H2/b16-9-. The fourth-order valence-electron chi connectivity index (χ4n) is 3.02. The molecule has 1 aliphatic heterocycles. The van der Waals surface area contributed by atoms with E-state index in [4.69, 9.17) is 0 Å². The quantitative estimate of drug-likeness (QED) is 0.675. The van der Waals surface area contributed by atoms with Gasteiger partial charge in [0.15, 0.2) is 5.50 Å². The second kappa shape index (κ2) is 8.18. The van der Waals surface area contributed by atoms with E-state index in [2.05, 4.69) is 21.4 Å². The van der Waals surface area contributed by atoms with Crippen molar-refractivity contribution in [3.63, 3.8) is 0 Å². The van der Waals surface area contributed by atoms with Crippen molar-refractivity contribution in [2.24, 2.45) is 4.99 Å². The number of aliphatic hydroxyl groups is 1. The smallest absolute Gasteiger partial charge is 0.151 e. The number of allylic oxidation sites excluding steroid dienone is 1. The van der Waals surface area contributed by atoms with Gasteiger partial charge in [0.2, 0.25) is 0 Å². The molecule has 142 valence electrons. The van der Waals surface area contributed by atoms with Gasteiger partial charge in [-0.2, -0.15) is 0 Å². The SMILES string of the molecule is OCC(NC1N=C/C(=C/c2ccc3ncccc3c2)S1)c1ccc(F)cc1F. The maximum Gasteiger partial charge on any atom is 0.151 e. The second-order valence-electron chi connectivity index (χ2n) is 6.32. The molecule has 4 nitrogen and oxygen atoms in total. The summed E-state index contributed by atoms with van der Waals surface area (Å²) in [4.78, 5) is 9.63. The number of hydrogen-bond donors (Lipinski definition) is 2. The Morgan fingerprint density at radius 2 is 2.07 bits per heavy atom. The third-order valence-corrected chi connectivity index (χ3v) is 5.36. The molecular weight excluding hydrogens is 380 g/mol. The van der Waals surface area contributed by atoms with Crippen LogP contribution < -0.4 is 5.32 Å². The van der Waals surface area contributed by atoms with Crippen LogP contribution in [0.5, 0.6) is 0 Å². The first-order chi connectivity index (χ1) is 13.6. The molecule has 3 aromatic rings. The molecule has 0 fully saturated rings. The van der Waals surface area contributed by atoms with Gasteiger partial charge in [-0.15, -0.1) is 0 Å². The van der Waals surface area contributed by atoms with Crippen LogP contribution in [0.2, 0.25) is 0 Å². The summed E-state index contributed by atoms with van der Waals surface area (Å²) < 4.78 is 27.1. The van der Waals surface area contributed by atoms with Gasteiger partial charge in [-0.05, 0) is 35.9 Å². The first-order valence-electron chi connectivity index (χ1n) is 8.70. The van der Waals surface area contributed by atoms with Gasteiger partial charge < -0.3 is 5.11 Å². The van der Waals surface area contributed by atoms with Gasteiger partial charge in [0.05, 0.1) is 18.2 Å². The Labute approximate surface area is 165 Å². The van der Waals surface area contributed by atoms with Crippen molar-refractivity contribution in [3.8, 4) is 0 Å². The monoisotopic (exact) mass is 397 g/mol. The van der Waals surface area contributed by atoms with Gasteiger partial charge in [0, 0.05) is 34.3 Å². The third kappa shape index (κ3) is 4.11. The molecule has 0 amide bonds. The van der Waals surface area contributed by atoms with E-state index in [1.807, 2.05) is 30.3 Å². The summed E-state index contributed by atoms with van der Waals surface area (Å²) in [6.45, 7) is -0.328. The first kappa shape index (κ1) is 18.7. The summed E-state index contributed by atoms with van der Waals surface area (Å²) in [5.74, 6) is -1.35. The van der Waals surface area contributed by atoms with Crippen LogP contribution in [0, 0.1) is 11.6 Å². The van der Waals surface area contributed by atoms with E-state index in [0.717, 1.165) is 27.4 Å². The second-order valence-corrected chi connectivity index (χ2v) is 7.47. The van der Waals surface area contributed by atoms with Gasteiger partial charge in [-0.25, -0.2) is 8.78 Å². The van der Waals surface area contributed by atoms with E-state index in [-0.39, 0.29) is 17.7 Å². The normalized spacial score (nSPS) is 18.8. The van der Waals surface area contributed by atoms with E-state index in [1.54, 1.807) is 12.4 Å². The Morgan fingerprint density at radius 1 is 1.18 bits per heavy atom. The summed E-state index contributed by atoms with van der Waals surface area (Å²) in [6.07, 6.45) is 5.51. The van der Waals surface area contributed by atoms with Gasteiger partial charge >= 0.3 is 0 Å². The van der Waals surface area contributed by atoms with Crippen molar-refractivity contribution >= 4 is 35.0 Å². The molecule has 0 saturated heterocycles. The lowest BCUT2D eigenvalue weighted by molar-refractivity contribution is 0.240. The number of rotatable bonds is 5. The highest BCUT2D eigenvalue weighted by Crippen LogP contribution is 2.30. The van der Waals surface area contributed by atoms with Crippen LogP contribution in [0.3, 0.4) is 0 Å². The summed E-state index contributed by atoms with van der Waals surface area (Å²) >= 11 is 1.46. The average molecular weight is 397 g/mol. The minimum Gasteiger partial charge on any atom is -0.394 e. The van der Waals surface area contributed by atoms with Gasteiger partial charge in [-0.3, -0.25) is 15.3 Å². The Morgan fingerprint density at radius 3 is 2.89 bits per heavy atom. The molecule has 2 unspecified atom stereocenters. The van der Waals surface area contributed by atoms with Crippen molar-refractivity contribution in [2.75, 3.05) is 6.61 Å². The van der Waals surface area contributed by atoms with E-state index >= 15 is 0 Å². The van der Waals surface area contributed by atoms with Crippen LogP contribution >= 0.6 is 11.8 Å². The van der Waals surface area contributed by atoms with Crippen LogP contribution in [-0.2, 0) is 0 Å². The molecule has 7 heteroatoms. The molecule has 2 heterocycles. The maximum atomic E-state index is 14.0. The molecule has 28 heavy (non-hydrogen) atoms. The molecule has 2 N–H and O–H groups in total.